The molecule has 0 saturated carbocycles. The van der Waals surface area contributed by atoms with Crippen LogP contribution in [0.5, 0.6) is 0 Å². The maximum absolute atomic E-state index is 3.54. The lowest BCUT2D eigenvalue weighted by atomic mass is 10.3. The zero-order chi connectivity index (χ0) is 11.4. The predicted molar refractivity (Wildman–Crippen MR) is 83.3 cm³/mol. The molecule has 1 saturated heterocycles. The minimum absolute atomic E-state index is 0.618. The monoisotopic (exact) mass is 326 g/mol. The summed E-state index contributed by atoms with van der Waals surface area (Å²) in [5.41, 5.74) is 0. The van der Waals surface area contributed by atoms with Crippen molar-refractivity contribution in [3.8, 4) is 0 Å². The van der Waals surface area contributed by atoms with Gasteiger partial charge in [0.05, 0.1) is 11.8 Å². The molecule has 0 amide bonds. The normalized spacial score (nSPS) is 21.6. The van der Waals surface area contributed by atoms with Crippen LogP contribution in [0.15, 0.2) is 0 Å². The number of halogens is 1. The van der Waals surface area contributed by atoms with E-state index in [4.69, 9.17) is 0 Å². The molecule has 1 aliphatic rings. The van der Waals surface area contributed by atoms with Gasteiger partial charge < -0.3 is 0 Å². The average molecular weight is 327 g/mol. The molecular formula is C11H23BrS2Si. The van der Waals surface area contributed by atoms with Gasteiger partial charge in [-0.3, -0.25) is 0 Å². The van der Waals surface area contributed by atoms with Gasteiger partial charge in [0.1, 0.15) is 0 Å². The highest BCUT2D eigenvalue weighted by molar-refractivity contribution is 9.09. The maximum Gasteiger partial charge on any atom is 0.0752 e. The van der Waals surface area contributed by atoms with Crippen LogP contribution in [0.4, 0.5) is 0 Å². The molecule has 0 unspecified atom stereocenters. The van der Waals surface area contributed by atoms with Crippen LogP contribution in [0.25, 0.3) is 0 Å². The molecule has 0 N–H and O–H groups in total. The van der Waals surface area contributed by atoms with E-state index < -0.39 is 8.07 Å². The smallest absolute Gasteiger partial charge is 0.0752 e. The molecular weight excluding hydrogens is 304 g/mol. The van der Waals surface area contributed by atoms with Gasteiger partial charge in [-0.1, -0.05) is 42.0 Å². The summed E-state index contributed by atoms with van der Waals surface area (Å²) in [7, 11) is -1.05. The molecule has 0 bridgehead atoms. The van der Waals surface area contributed by atoms with Crippen LogP contribution in [0.3, 0.4) is 0 Å². The fourth-order valence-electron chi connectivity index (χ4n) is 1.98. The largest absolute Gasteiger partial charge is 0.148 e. The van der Waals surface area contributed by atoms with E-state index >= 15 is 0 Å². The summed E-state index contributed by atoms with van der Waals surface area (Å²) in [6.07, 6.45) is 5.59. The SMILES string of the molecule is C[Si](C)(C)C1(CCCCBr)SCCCS1. The van der Waals surface area contributed by atoms with Crippen molar-refractivity contribution in [1.29, 1.82) is 0 Å². The maximum atomic E-state index is 3.54. The first kappa shape index (κ1) is 14.5. The third-order valence-corrected chi connectivity index (χ3v) is 13.7. The standard InChI is InChI=1S/C11H23BrS2Si/c1-15(2,3)11(7-4-5-8-12)13-9-6-10-14-11/h4-10H2,1-3H3. The van der Waals surface area contributed by atoms with Crippen molar-refractivity contribution in [3.05, 3.63) is 0 Å². The van der Waals surface area contributed by atoms with E-state index in [1.807, 2.05) is 0 Å². The van der Waals surface area contributed by atoms with E-state index in [2.05, 4.69) is 59.1 Å². The Morgan fingerprint density at radius 2 is 1.73 bits per heavy atom. The zero-order valence-corrected chi connectivity index (χ0v) is 14.4. The minimum Gasteiger partial charge on any atom is -0.148 e. The van der Waals surface area contributed by atoms with E-state index in [1.165, 1.54) is 42.5 Å². The quantitative estimate of drug-likeness (QED) is 0.396. The van der Waals surface area contributed by atoms with Gasteiger partial charge in [-0.05, 0) is 30.8 Å². The molecule has 0 aromatic carbocycles. The van der Waals surface area contributed by atoms with Crippen LogP contribution in [-0.2, 0) is 0 Å². The average Bonchev–Trinajstić information content (AvgIpc) is 2.18. The van der Waals surface area contributed by atoms with Crippen molar-refractivity contribution in [3.63, 3.8) is 0 Å². The molecule has 0 nitrogen and oxygen atoms in total. The second-order valence-electron chi connectivity index (χ2n) is 5.20. The van der Waals surface area contributed by atoms with Gasteiger partial charge in [-0.2, -0.15) is 0 Å². The van der Waals surface area contributed by atoms with Gasteiger partial charge >= 0.3 is 0 Å². The molecule has 1 fully saturated rings. The fraction of sp³-hybridized carbons (Fsp3) is 1.00. The molecule has 4 heteroatoms. The third kappa shape index (κ3) is 3.97. The first-order chi connectivity index (χ1) is 7.02. The summed E-state index contributed by atoms with van der Waals surface area (Å²) in [6, 6.07) is 0. The number of hydrogen-bond acceptors (Lipinski definition) is 2. The number of thioether (sulfide) groups is 2. The third-order valence-electron chi connectivity index (χ3n) is 2.99. The lowest BCUT2D eigenvalue weighted by molar-refractivity contribution is 0.734. The first-order valence-corrected chi connectivity index (χ1v) is 12.4. The minimum atomic E-state index is -1.05. The van der Waals surface area contributed by atoms with Crippen LogP contribution >= 0.6 is 39.5 Å². The van der Waals surface area contributed by atoms with Crippen LogP contribution < -0.4 is 0 Å². The fourth-order valence-corrected chi connectivity index (χ4v) is 10.2. The Morgan fingerprint density at radius 1 is 1.13 bits per heavy atom. The summed E-state index contributed by atoms with van der Waals surface area (Å²) in [6.45, 7) is 7.64. The van der Waals surface area contributed by atoms with Gasteiger partial charge in [0.2, 0.25) is 0 Å². The summed E-state index contributed by atoms with van der Waals surface area (Å²) >= 11 is 8.10. The van der Waals surface area contributed by atoms with Crippen molar-refractivity contribution in [2.75, 3.05) is 16.8 Å². The topological polar surface area (TPSA) is 0 Å². The lowest BCUT2D eigenvalue weighted by Crippen LogP contribution is -2.48. The van der Waals surface area contributed by atoms with Gasteiger partial charge in [0.25, 0.3) is 0 Å². The number of hydrogen-bond donors (Lipinski definition) is 0. The summed E-state index contributed by atoms with van der Waals surface area (Å²) in [4.78, 5) is 0. The molecule has 0 aliphatic carbocycles. The molecule has 0 aromatic heterocycles. The lowest BCUT2D eigenvalue weighted by Gasteiger charge is -2.45. The van der Waals surface area contributed by atoms with Gasteiger partial charge in [0, 0.05) is 5.33 Å². The molecule has 0 spiro atoms. The Morgan fingerprint density at radius 3 is 2.20 bits per heavy atom. The highest BCUT2D eigenvalue weighted by atomic mass is 79.9. The molecule has 0 aromatic rings. The Labute approximate surface area is 113 Å². The van der Waals surface area contributed by atoms with Gasteiger partial charge in [-0.25, -0.2) is 0 Å². The van der Waals surface area contributed by atoms with Crippen LogP contribution in [0, 0.1) is 0 Å². The molecule has 0 radical (unpaired) electrons. The van der Waals surface area contributed by atoms with E-state index in [9.17, 15) is 0 Å². The van der Waals surface area contributed by atoms with Crippen molar-refractivity contribution < 1.29 is 0 Å². The highest BCUT2D eigenvalue weighted by Gasteiger charge is 2.44. The molecule has 0 atom stereocenters. The van der Waals surface area contributed by atoms with Crippen LogP contribution in [0.1, 0.15) is 25.7 Å². The van der Waals surface area contributed by atoms with Crippen LogP contribution in [0.2, 0.25) is 19.6 Å². The van der Waals surface area contributed by atoms with Crippen molar-refractivity contribution in [2.24, 2.45) is 0 Å². The van der Waals surface area contributed by atoms with E-state index in [-0.39, 0.29) is 0 Å². The van der Waals surface area contributed by atoms with E-state index in [1.54, 1.807) is 0 Å². The molecule has 1 heterocycles. The summed E-state index contributed by atoms with van der Waals surface area (Å²) in [5.74, 6) is 2.79. The summed E-state index contributed by atoms with van der Waals surface area (Å²) in [5, 5.41) is 1.17. The summed E-state index contributed by atoms with van der Waals surface area (Å²) < 4.78 is 0.618. The molecule has 90 valence electrons. The highest BCUT2D eigenvalue weighted by Crippen LogP contribution is 2.51. The Bertz CT molecular complexity index is 186. The van der Waals surface area contributed by atoms with Crippen molar-refractivity contribution in [2.45, 2.75) is 49.0 Å². The van der Waals surface area contributed by atoms with Gasteiger partial charge in [-0.15, -0.1) is 23.5 Å². The van der Waals surface area contributed by atoms with E-state index in [0.717, 1.165) is 0 Å². The Hall–Kier alpha value is 1.40. The molecule has 1 rings (SSSR count). The second-order valence-corrected chi connectivity index (χ2v) is 15.1. The second kappa shape index (κ2) is 6.36. The van der Waals surface area contributed by atoms with Crippen molar-refractivity contribution >= 4 is 47.5 Å². The van der Waals surface area contributed by atoms with Gasteiger partial charge in [0.15, 0.2) is 0 Å². The number of alkyl halides is 1. The Kier molecular flexibility index (Phi) is 6.13. The molecule has 1 aliphatic heterocycles. The van der Waals surface area contributed by atoms with Crippen molar-refractivity contribution in [1.82, 2.24) is 0 Å². The van der Waals surface area contributed by atoms with Crippen LogP contribution in [-0.4, -0.2) is 28.6 Å². The number of unbranched alkanes of at least 4 members (excludes halogenated alkanes) is 1. The van der Waals surface area contributed by atoms with E-state index in [0.29, 0.717) is 3.70 Å². The first-order valence-electron chi connectivity index (χ1n) is 5.86. The number of rotatable bonds is 5. The zero-order valence-electron chi connectivity index (χ0n) is 10.1. The Balaban J connectivity index is 2.59. The molecule has 15 heavy (non-hydrogen) atoms. The predicted octanol–water partition coefficient (Wildman–Crippen LogP) is 5.00.